The van der Waals surface area contributed by atoms with Gasteiger partial charge >= 0.3 is 5.97 Å². The van der Waals surface area contributed by atoms with Crippen LogP contribution in [0.1, 0.15) is 58.3 Å². The molecule has 0 spiro atoms. The van der Waals surface area contributed by atoms with Crippen molar-refractivity contribution in [3.8, 4) is 0 Å². The summed E-state index contributed by atoms with van der Waals surface area (Å²) in [5.41, 5.74) is 0. The number of carbonyl (C=O) groups is 1. The predicted octanol–water partition coefficient (Wildman–Crippen LogP) is 6.55. The third kappa shape index (κ3) is 19.9. The van der Waals surface area contributed by atoms with Crippen LogP contribution in [0, 0.1) is 0 Å². The number of unbranched alkanes of at least 4 members (excludes halogenated alkanes) is 7. The molecule has 0 atom stereocenters. The molecule has 0 radical (unpaired) electrons. The Balaban J connectivity index is 3.57. The standard InChI is InChI=1S/C22H32O2/c1-2-3-4-5-6-7-8-9-10-11-12-13-14-15-16-17-18-19-20-21-22(23)24/h10-21H,2-9H2,1H3,(H,23,24)/b11-10-,13-12-,15-14-,17-16-,19-18+,21-20+. The Hall–Kier alpha value is -2.09. The fourth-order valence-electron chi connectivity index (χ4n) is 2.05. The Morgan fingerprint density at radius 1 is 0.667 bits per heavy atom. The van der Waals surface area contributed by atoms with E-state index in [-0.39, 0.29) is 0 Å². The first-order valence-electron chi connectivity index (χ1n) is 9.00. The van der Waals surface area contributed by atoms with Gasteiger partial charge in [0, 0.05) is 6.08 Å². The number of hydrogen-bond acceptors (Lipinski definition) is 1. The van der Waals surface area contributed by atoms with Gasteiger partial charge in [0.1, 0.15) is 0 Å². The van der Waals surface area contributed by atoms with Crippen LogP contribution in [-0.4, -0.2) is 11.1 Å². The number of hydrogen-bond donors (Lipinski definition) is 1. The molecule has 2 nitrogen and oxygen atoms in total. The van der Waals surface area contributed by atoms with Gasteiger partial charge in [-0.05, 0) is 12.8 Å². The van der Waals surface area contributed by atoms with Gasteiger partial charge in [0.15, 0.2) is 0 Å². The fraction of sp³-hybridized carbons (Fsp3) is 0.409. The Kier molecular flexibility index (Phi) is 17.3. The summed E-state index contributed by atoms with van der Waals surface area (Å²) in [6.07, 6.45) is 32.7. The van der Waals surface area contributed by atoms with E-state index < -0.39 is 5.97 Å². The summed E-state index contributed by atoms with van der Waals surface area (Å²) in [4.78, 5) is 10.2. The zero-order valence-electron chi connectivity index (χ0n) is 14.9. The minimum atomic E-state index is -0.936. The largest absolute Gasteiger partial charge is 0.478 e. The number of rotatable bonds is 14. The maximum Gasteiger partial charge on any atom is 0.328 e. The lowest BCUT2D eigenvalue weighted by Crippen LogP contribution is -1.84. The molecule has 0 aliphatic heterocycles. The molecule has 0 aliphatic rings. The molecule has 0 saturated carbocycles. The number of carboxylic acids is 1. The first-order chi connectivity index (χ1) is 11.8. The Morgan fingerprint density at radius 2 is 1.12 bits per heavy atom. The minimum absolute atomic E-state index is 0.936. The van der Waals surface area contributed by atoms with Crippen LogP contribution in [0.5, 0.6) is 0 Å². The van der Waals surface area contributed by atoms with Crippen molar-refractivity contribution < 1.29 is 9.90 Å². The third-order valence-corrected chi connectivity index (χ3v) is 3.35. The van der Waals surface area contributed by atoms with Crippen molar-refractivity contribution in [3.63, 3.8) is 0 Å². The number of allylic oxidation sites excluding steroid dienone is 11. The highest BCUT2D eigenvalue weighted by Gasteiger charge is 1.88. The molecule has 0 aliphatic carbocycles. The van der Waals surface area contributed by atoms with Gasteiger partial charge in [-0.25, -0.2) is 4.79 Å². The van der Waals surface area contributed by atoms with Gasteiger partial charge in [-0.3, -0.25) is 0 Å². The first-order valence-corrected chi connectivity index (χ1v) is 9.00. The summed E-state index contributed by atoms with van der Waals surface area (Å²) in [6, 6.07) is 0. The quantitative estimate of drug-likeness (QED) is 0.223. The molecule has 2 heteroatoms. The van der Waals surface area contributed by atoms with Crippen LogP contribution < -0.4 is 0 Å². The third-order valence-electron chi connectivity index (χ3n) is 3.35. The van der Waals surface area contributed by atoms with E-state index in [9.17, 15) is 4.79 Å². The molecule has 0 fully saturated rings. The van der Waals surface area contributed by atoms with E-state index >= 15 is 0 Å². The van der Waals surface area contributed by atoms with Crippen LogP contribution in [0.4, 0.5) is 0 Å². The molecule has 0 bridgehead atoms. The summed E-state index contributed by atoms with van der Waals surface area (Å²) in [5, 5.41) is 8.39. The lowest BCUT2D eigenvalue weighted by atomic mass is 10.1. The fourth-order valence-corrected chi connectivity index (χ4v) is 2.05. The molecule has 0 rings (SSSR count). The summed E-state index contributed by atoms with van der Waals surface area (Å²) < 4.78 is 0. The van der Waals surface area contributed by atoms with Gasteiger partial charge in [-0.2, -0.15) is 0 Å². The van der Waals surface area contributed by atoms with Crippen LogP contribution in [-0.2, 0) is 4.79 Å². The lowest BCUT2D eigenvalue weighted by Gasteiger charge is -1.98. The molecular weight excluding hydrogens is 296 g/mol. The molecule has 1 N–H and O–H groups in total. The molecule has 0 aromatic carbocycles. The summed E-state index contributed by atoms with van der Waals surface area (Å²) in [6.45, 7) is 2.25. The normalized spacial score (nSPS) is 13.0. The average Bonchev–Trinajstić information content (AvgIpc) is 2.56. The second-order valence-corrected chi connectivity index (χ2v) is 5.58. The Morgan fingerprint density at radius 3 is 1.67 bits per heavy atom. The van der Waals surface area contributed by atoms with Crippen LogP contribution in [0.2, 0.25) is 0 Å². The Labute approximate surface area is 147 Å². The van der Waals surface area contributed by atoms with Crippen molar-refractivity contribution in [1.29, 1.82) is 0 Å². The van der Waals surface area contributed by atoms with Gasteiger partial charge in [0.05, 0.1) is 0 Å². The molecule has 0 aromatic rings. The van der Waals surface area contributed by atoms with Crippen LogP contribution in [0.15, 0.2) is 72.9 Å². The predicted molar refractivity (Wildman–Crippen MR) is 105 cm³/mol. The molecular formula is C22H32O2. The Bertz CT molecular complexity index is 462. The highest BCUT2D eigenvalue weighted by atomic mass is 16.4. The van der Waals surface area contributed by atoms with Crippen molar-refractivity contribution in [1.82, 2.24) is 0 Å². The van der Waals surface area contributed by atoms with E-state index in [4.69, 9.17) is 5.11 Å². The van der Waals surface area contributed by atoms with E-state index in [1.54, 1.807) is 12.2 Å². The lowest BCUT2D eigenvalue weighted by molar-refractivity contribution is -0.131. The van der Waals surface area contributed by atoms with Crippen molar-refractivity contribution in [2.24, 2.45) is 0 Å². The van der Waals surface area contributed by atoms with Crippen molar-refractivity contribution in [3.05, 3.63) is 72.9 Å². The molecule has 0 saturated heterocycles. The SMILES string of the molecule is CCCCCCCCC\C=C/C=C\C=C/C=C\C=C\C=C\C(=O)O. The molecule has 0 unspecified atom stereocenters. The van der Waals surface area contributed by atoms with E-state index in [0.717, 1.165) is 12.5 Å². The zero-order chi connectivity index (χ0) is 17.7. The average molecular weight is 328 g/mol. The van der Waals surface area contributed by atoms with E-state index in [1.807, 2.05) is 36.5 Å². The number of aliphatic carboxylic acids is 1. The van der Waals surface area contributed by atoms with Gasteiger partial charge in [-0.15, -0.1) is 0 Å². The van der Waals surface area contributed by atoms with Gasteiger partial charge < -0.3 is 5.11 Å². The van der Waals surface area contributed by atoms with Crippen LogP contribution in [0.3, 0.4) is 0 Å². The van der Waals surface area contributed by atoms with E-state index in [0.29, 0.717) is 0 Å². The van der Waals surface area contributed by atoms with Gasteiger partial charge in [-0.1, -0.05) is 112 Å². The van der Waals surface area contributed by atoms with Gasteiger partial charge in [0.25, 0.3) is 0 Å². The molecule has 0 aromatic heterocycles. The first kappa shape index (κ1) is 21.9. The zero-order valence-corrected chi connectivity index (χ0v) is 14.9. The monoisotopic (exact) mass is 328 g/mol. The molecule has 0 amide bonds. The smallest absolute Gasteiger partial charge is 0.328 e. The maximum atomic E-state index is 10.2. The van der Waals surface area contributed by atoms with Crippen LogP contribution >= 0.6 is 0 Å². The maximum absolute atomic E-state index is 10.2. The minimum Gasteiger partial charge on any atom is -0.478 e. The number of carboxylic acid groups (broad SMARTS) is 1. The summed E-state index contributed by atoms with van der Waals surface area (Å²) in [7, 11) is 0. The second-order valence-electron chi connectivity index (χ2n) is 5.58. The van der Waals surface area contributed by atoms with Crippen LogP contribution in [0.25, 0.3) is 0 Å². The summed E-state index contributed by atoms with van der Waals surface area (Å²) >= 11 is 0. The van der Waals surface area contributed by atoms with Gasteiger partial charge in [0.2, 0.25) is 0 Å². The van der Waals surface area contributed by atoms with Crippen molar-refractivity contribution in [2.45, 2.75) is 58.3 Å². The van der Waals surface area contributed by atoms with E-state index in [2.05, 4.69) is 19.1 Å². The molecule has 0 heterocycles. The van der Waals surface area contributed by atoms with Crippen molar-refractivity contribution in [2.75, 3.05) is 0 Å². The topological polar surface area (TPSA) is 37.3 Å². The van der Waals surface area contributed by atoms with Crippen molar-refractivity contribution >= 4 is 5.97 Å². The highest BCUT2D eigenvalue weighted by Crippen LogP contribution is 2.08. The highest BCUT2D eigenvalue weighted by molar-refractivity contribution is 5.80. The summed E-state index contributed by atoms with van der Waals surface area (Å²) in [5.74, 6) is -0.936. The second kappa shape index (κ2) is 19.0. The molecule has 24 heavy (non-hydrogen) atoms. The molecule has 132 valence electrons. The van der Waals surface area contributed by atoms with E-state index in [1.165, 1.54) is 51.0 Å².